The van der Waals surface area contributed by atoms with E-state index in [1.54, 1.807) is 12.1 Å². The Hall–Kier alpha value is -1.55. The van der Waals surface area contributed by atoms with Gasteiger partial charge in [0.05, 0.1) is 13.0 Å². The van der Waals surface area contributed by atoms with E-state index in [4.69, 9.17) is 4.74 Å². The maximum absolute atomic E-state index is 12.0. The first kappa shape index (κ1) is 12.5. The van der Waals surface area contributed by atoms with Crippen molar-refractivity contribution in [3.8, 4) is 5.75 Å². The second-order valence-electron chi connectivity index (χ2n) is 5.53. The Morgan fingerprint density at radius 3 is 3.00 bits per heavy atom. The van der Waals surface area contributed by atoms with Gasteiger partial charge in [-0.1, -0.05) is 12.1 Å². The average molecular weight is 261 g/mol. The Kier molecular flexibility index (Phi) is 3.19. The minimum Gasteiger partial charge on any atom is -0.508 e. The van der Waals surface area contributed by atoms with Crippen LogP contribution in [0, 0.1) is 5.92 Å². The molecule has 2 heterocycles. The Labute approximate surface area is 112 Å². The SMILES string of the molecule is COC(=O)[C@H]1C[C@H]2CC[C@@H](N2)[C@H]1c1cccc(O)c1. The number of rotatable bonds is 2. The van der Waals surface area contributed by atoms with Crippen molar-refractivity contribution in [2.75, 3.05) is 7.11 Å². The van der Waals surface area contributed by atoms with Gasteiger partial charge < -0.3 is 15.2 Å². The van der Waals surface area contributed by atoms with Crippen molar-refractivity contribution >= 4 is 5.97 Å². The molecule has 0 saturated carbocycles. The number of phenolic OH excluding ortho intramolecular Hbond substituents is 1. The maximum Gasteiger partial charge on any atom is 0.309 e. The highest BCUT2D eigenvalue weighted by Crippen LogP contribution is 2.43. The van der Waals surface area contributed by atoms with Gasteiger partial charge >= 0.3 is 5.97 Å². The number of nitrogens with one attached hydrogen (secondary N) is 1. The molecule has 2 saturated heterocycles. The first-order chi connectivity index (χ1) is 9.19. The van der Waals surface area contributed by atoms with Gasteiger partial charge in [0.15, 0.2) is 0 Å². The molecule has 3 rings (SSSR count). The molecule has 0 aliphatic carbocycles. The summed E-state index contributed by atoms with van der Waals surface area (Å²) in [6.45, 7) is 0. The van der Waals surface area contributed by atoms with E-state index in [1.807, 2.05) is 12.1 Å². The third kappa shape index (κ3) is 2.21. The summed E-state index contributed by atoms with van der Waals surface area (Å²) in [6, 6.07) is 7.98. The maximum atomic E-state index is 12.0. The number of hydrogen-bond donors (Lipinski definition) is 2. The number of fused-ring (bicyclic) bond motifs is 2. The molecule has 1 aromatic rings. The van der Waals surface area contributed by atoms with Crippen LogP contribution in [0.25, 0.3) is 0 Å². The molecule has 1 aromatic carbocycles. The topological polar surface area (TPSA) is 58.6 Å². The monoisotopic (exact) mass is 261 g/mol. The van der Waals surface area contributed by atoms with Gasteiger partial charge in [-0.2, -0.15) is 0 Å². The predicted molar refractivity (Wildman–Crippen MR) is 70.9 cm³/mol. The highest BCUT2D eigenvalue weighted by atomic mass is 16.5. The largest absolute Gasteiger partial charge is 0.508 e. The van der Waals surface area contributed by atoms with E-state index >= 15 is 0 Å². The number of carbonyl (C=O) groups is 1. The molecule has 4 atom stereocenters. The van der Waals surface area contributed by atoms with Crippen molar-refractivity contribution < 1.29 is 14.6 Å². The van der Waals surface area contributed by atoms with Crippen LogP contribution < -0.4 is 5.32 Å². The van der Waals surface area contributed by atoms with E-state index in [1.165, 1.54) is 7.11 Å². The number of hydrogen-bond acceptors (Lipinski definition) is 4. The van der Waals surface area contributed by atoms with E-state index < -0.39 is 0 Å². The number of carbonyl (C=O) groups excluding carboxylic acids is 1. The van der Waals surface area contributed by atoms with Gasteiger partial charge in [-0.15, -0.1) is 0 Å². The van der Waals surface area contributed by atoms with Gasteiger partial charge in [-0.3, -0.25) is 4.79 Å². The van der Waals surface area contributed by atoms with Crippen LogP contribution in [-0.2, 0) is 9.53 Å². The summed E-state index contributed by atoms with van der Waals surface area (Å²) in [5.74, 6) is 0.108. The van der Waals surface area contributed by atoms with E-state index in [0.717, 1.165) is 24.8 Å². The lowest BCUT2D eigenvalue weighted by Crippen LogP contribution is -2.46. The van der Waals surface area contributed by atoms with Crippen LogP contribution in [-0.4, -0.2) is 30.3 Å². The molecular weight excluding hydrogens is 242 g/mol. The van der Waals surface area contributed by atoms with Crippen molar-refractivity contribution in [2.45, 2.75) is 37.3 Å². The Bertz CT molecular complexity index is 488. The van der Waals surface area contributed by atoms with E-state index in [9.17, 15) is 9.90 Å². The Morgan fingerprint density at radius 2 is 2.26 bits per heavy atom. The van der Waals surface area contributed by atoms with Crippen molar-refractivity contribution in [3.05, 3.63) is 29.8 Å². The first-order valence-corrected chi connectivity index (χ1v) is 6.82. The van der Waals surface area contributed by atoms with Crippen molar-refractivity contribution in [3.63, 3.8) is 0 Å². The molecule has 102 valence electrons. The zero-order chi connectivity index (χ0) is 13.4. The molecule has 0 amide bonds. The second kappa shape index (κ2) is 4.85. The van der Waals surface area contributed by atoms with Gasteiger partial charge in [0, 0.05) is 18.0 Å². The summed E-state index contributed by atoms with van der Waals surface area (Å²) < 4.78 is 4.97. The normalized spacial score (nSPS) is 33.1. The number of piperidine rings is 1. The second-order valence-corrected chi connectivity index (χ2v) is 5.53. The van der Waals surface area contributed by atoms with Gasteiger partial charge in [-0.05, 0) is 37.0 Å². The standard InChI is InChI=1S/C15H19NO3/c1-19-15(18)12-8-10-5-6-13(16-10)14(12)9-3-2-4-11(17)7-9/h2-4,7,10,12-14,16-17H,5-6,8H2,1H3/t10-,12+,13-,14+/m1/s1. The predicted octanol–water partition coefficient (Wildman–Crippen LogP) is 1.79. The van der Waals surface area contributed by atoms with E-state index in [0.29, 0.717) is 12.1 Å². The van der Waals surface area contributed by atoms with Gasteiger partial charge in [-0.25, -0.2) is 0 Å². The number of aromatic hydroxyl groups is 1. The smallest absolute Gasteiger partial charge is 0.309 e. The van der Waals surface area contributed by atoms with Gasteiger partial charge in [0.1, 0.15) is 5.75 Å². The fraction of sp³-hybridized carbons (Fsp3) is 0.533. The molecule has 2 N–H and O–H groups in total. The lowest BCUT2D eigenvalue weighted by Gasteiger charge is -2.36. The van der Waals surface area contributed by atoms with Crippen LogP contribution in [0.1, 0.15) is 30.7 Å². The average Bonchev–Trinajstić information content (AvgIpc) is 2.79. The van der Waals surface area contributed by atoms with Crippen LogP contribution in [0.2, 0.25) is 0 Å². The van der Waals surface area contributed by atoms with Crippen LogP contribution in [0.5, 0.6) is 5.75 Å². The molecule has 4 nitrogen and oxygen atoms in total. The number of ether oxygens (including phenoxy) is 1. The number of esters is 1. The van der Waals surface area contributed by atoms with Crippen molar-refractivity contribution in [1.82, 2.24) is 5.32 Å². The highest BCUT2D eigenvalue weighted by Gasteiger charge is 2.45. The number of benzene rings is 1. The summed E-state index contributed by atoms with van der Waals surface area (Å²) in [5, 5.41) is 13.2. The fourth-order valence-electron chi connectivity index (χ4n) is 3.64. The minimum atomic E-state index is -0.133. The number of phenols is 1. The molecule has 19 heavy (non-hydrogen) atoms. The third-order valence-electron chi connectivity index (χ3n) is 4.44. The van der Waals surface area contributed by atoms with Crippen LogP contribution >= 0.6 is 0 Å². The molecule has 2 fully saturated rings. The van der Waals surface area contributed by atoms with Crippen LogP contribution in [0.3, 0.4) is 0 Å². The summed E-state index contributed by atoms with van der Waals surface area (Å²) in [6.07, 6.45) is 3.02. The van der Waals surface area contributed by atoms with Crippen LogP contribution in [0.15, 0.2) is 24.3 Å². The molecular formula is C15H19NO3. The summed E-state index contributed by atoms with van der Waals surface area (Å²) in [5.41, 5.74) is 1.02. The van der Waals surface area contributed by atoms with E-state index in [-0.39, 0.29) is 23.6 Å². The van der Waals surface area contributed by atoms with Gasteiger partial charge in [0.2, 0.25) is 0 Å². The Morgan fingerprint density at radius 1 is 1.42 bits per heavy atom. The molecule has 2 aliphatic rings. The zero-order valence-electron chi connectivity index (χ0n) is 11.0. The molecule has 0 spiro atoms. The summed E-state index contributed by atoms with van der Waals surface area (Å²) >= 11 is 0. The van der Waals surface area contributed by atoms with Crippen molar-refractivity contribution in [2.24, 2.45) is 5.92 Å². The number of methoxy groups -OCH3 is 1. The third-order valence-corrected chi connectivity index (χ3v) is 4.44. The summed E-state index contributed by atoms with van der Waals surface area (Å²) in [7, 11) is 1.45. The zero-order valence-corrected chi connectivity index (χ0v) is 11.0. The fourth-order valence-corrected chi connectivity index (χ4v) is 3.64. The molecule has 2 aliphatic heterocycles. The van der Waals surface area contributed by atoms with Crippen LogP contribution in [0.4, 0.5) is 0 Å². The molecule has 2 bridgehead atoms. The molecule has 0 radical (unpaired) electrons. The minimum absolute atomic E-state index is 0.0956. The molecule has 0 aromatic heterocycles. The lowest BCUT2D eigenvalue weighted by atomic mass is 9.77. The summed E-state index contributed by atoms with van der Waals surface area (Å²) in [4.78, 5) is 12.0. The first-order valence-electron chi connectivity index (χ1n) is 6.82. The van der Waals surface area contributed by atoms with Crippen molar-refractivity contribution in [1.29, 1.82) is 0 Å². The lowest BCUT2D eigenvalue weighted by molar-refractivity contribution is -0.147. The van der Waals surface area contributed by atoms with Gasteiger partial charge in [0.25, 0.3) is 0 Å². The molecule has 4 heteroatoms. The Balaban J connectivity index is 1.96. The highest BCUT2D eigenvalue weighted by molar-refractivity contribution is 5.74. The molecule has 0 unspecified atom stereocenters. The quantitative estimate of drug-likeness (QED) is 0.797. The van der Waals surface area contributed by atoms with E-state index in [2.05, 4.69) is 5.32 Å².